The normalized spacial score (nSPS) is 12.2. The van der Waals surface area contributed by atoms with Gasteiger partial charge >= 0.3 is 0 Å². The predicted octanol–water partition coefficient (Wildman–Crippen LogP) is 6.34. The van der Waals surface area contributed by atoms with Gasteiger partial charge in [0.2, 0.25) is 0 Å². The molecule has 5 heteroatoms. The Kier molecular flexibility index (Phi) is 6.21. The summed E-state index contributed by atoms with van der Waals surface area (Å²) in [6.45, 7) is 3.07. The van der Waals surface area contributed by atoms with Gasteiger partial charge in [-0.1, -0.05) is 36.0 Å². The van der Waals surface area contributed by atoms with Crippen LogP contribution in [0, 0.1) is 0 Å². The average molecular weight is 418 g/mol. The Morgan fingerprint density at radius 2 is 1.87 bits per heavy atom. The lowest BCUT2D eigenvalue weighted by Gasteiger charge is -2.20. The lowest BCUT2D eigenvalue weighted by atomic mass is 10.1. The summed E-state index contributed by atoms with van der Waals surface area (Å²) in [5, 5.41) is 3.42. The fourth-order valence-corrected chi connectivity index (χ4v) is 4.26. The second kappa shape index (κ2) is 9.20. The van der Waals surface area contributed by atoms with Gasteiger partial charge in [0.25, 0.3) is 0 Å². The minimum atomic E-state index is -0.0364. The number of anilines is 2. The molecule has 1 heterocycles. The number of carbonyl (C=O) groups is 1. The third-order valence-electron chi connectivity index (χ3n) is 4.83. The van der Waals surface area contributed by atoms with Gasteiger partial charge in [0, 0.05) is 27.5 Å². The number of para-hydroxylation sites is 1. The molecule has 1 N–H and O–H groups in total. The summed E-state index contributed by atoms with van der Waals surface area (Å²) in [6, 6.07) is 19.8. The highest BCUT2D eigenvalue weighted by atomic mass is 32.2. The molecule has 0 radical (unpaired) electrons. The Balaban J connectivity index is 1.51. The summed E-state index contributed by atoms with van der Waals surface area (Å²) in [6.07, 6.45) is 3.44. The highest BCUT2D eigenvalue weighted by Gasteiger charge is 2.16. The molecule has 3 aromatic rings. The predicted molar refractivity (Wildman–Crippen MR) is 122 cm³/mol. The van der Waals surface area contributed by atoms with Gasteiger partial charge in [-0.15, -0.1) is 0 Å². The van der Waals surface area contributed by atoms with Gasteiger partial charge in [-0.2, -0.15) is 0 Å². The molecule has 0 bridgehead atoms. The molecule has 0 fully saturated rings. The minimum absolute atomic E-state index is 0.0364. The van der Waals surface area contributed by atoms with Gasteiger partial charge in [0.05, 0.1) is 25.1 Å². The monoisotopic (exact) mass is 417 g/mol. The van der Waals surface area contributed by atoms with Gasteiger partial charge in [0.1, 0.15) is 5.75 Å². The molecule has 1 aliphatic rings. The van der Waals surface area contributed by atoms with E-state index in [4.69, 9.17) is 9.47 Å². The Morgan fingerprint density at radius 3 is 2.70 bits per heavy atom. The van der Waals surface area contributed by atoms with Crippen LogP contribution in [0.3, 0.4) is 0 Å². The van der Waals surface area contributed by atoms with Crippen LogP contribution >= 0.6 is 11.8 Å². The molecule has 4 rings (SSSR count). The first-order valence-electron chi connectivity index (χ1n) is 9.83. The van der Waals surface area contributed by atoms with Gasteiger partial charge < -0.3 is 14.8 Å². The summed E-state index contributed by atoms with van der Waals surface area (Å²) in [4.78, 5) is 15.1. The molecular weight excluding hydrogens is 394 g/mol. The second-order valence-corrected chi connectivity index (χ2v) is 7.92. The molecule has 3 aromatic carbocycles. The van der Waals surface area contributed by atoms with Crippen molar-refractivity contribution in [1.82, 2.24) is 0 Å². The van der Waals surface area contributed by atoms with E-state index in [0.717, 1.165) is 33.1 Å². The van der Waals surface area contributed by atoms with Gasteiger partial charge in [-0.25, -0.2) is 0 Å². The van der Waals surface area contributed by atoms with Crippen LogP contribution in [0.15, 0.2) is 76.5 Å². The Hall–Kier alpha value is -3.02. The van der Waals surface area contributed by atoms with Gasteiger partial charge in [-0.05, 0) is 61.0 Å². The first-order valence-corrected chi connectivity index (χ1v) is 10.6. The van der Waals surface area contributed by atoms with Crippen molar-refractivity contribution in [3.8, 4) is 5.75 Å². The molecule has 0 amide bonds. The fourth-order valence-electron chi connectivity index (χ4n) is 3.29. The zero-order valence-electron chi connectivity index (χ0n) is 17.0. The number of ketones is 1. The topological polar surface area (TPSA) is 47.6 Å². The number of rotatable bonds is 7. The minimum Gasteiger partial charge on any atom is -0.496 e. The number of fused-ring (bicyclic) bond motifs is 2. The molecule has 0 unspecified atom stereocenters. The van der Waals surface area contributed by atoms with Crippen molar-refractivity contribution in [1.29, 1.82) is 0 Å². The molecule has 0 aromatic heterocycles. The number of carbonyl (C=O) groups excluding carboxylic acids is 1. The molecule has 0 saturated carbocycles. The summed E-state index contributed by atoms with van der Waals surface area (Å²) in [5.41, 5.74) is 4.57. The van der Waals surface area contributed by atoms with E-state index in [-0.39, 0.29) is 5.78 Å². The van der Waals surface area contributed by atoms with Crippen LogP contribution in [0.4, 0.5) is 11.4 Å². The van der Waals surface area contributed by atoms with Crippen molar-refractivity contribution in [3.05, 3.63) is 83.4 Å². The standard InChI is InChI=1S/C25H23NO3S/c1-3-29-16-19-14-17(9-12-23(19)28-2)8-11-22(27)18-10-13-25-21(15-18)26-20-6-4-5-7-24(20)30-25/h4-15,26H,3,16H2,1-2H3/b11-8+. The SMILES string of the molecule is CCOCc1cc(/C=C/C(=O)c2ccc3c(c2)Nc2ccccc2S3)ccc1OC. The number of hydrogen-bond donors (Lipinski definition) is 1. The number of nitrogens with one attached hydrogen (secondary N) is 1. The smallest absolute Gasteiger partial charge is 0.185 e. The van der Waals surface area contributed by atoms with Crippen LogP contribution in [-0.4, -0.2) is 19.5 Å². The van der Waals surface area contributed by atoms with E-state index in [1.807, 2.05) is 67.6 Å². The van der Waals surface area contributed by atoms with E-state index in [1.54, 1.807) is 24.9 Å². The number of methoxy groups -OCH3 is 1. The lowest BCUT2D eigenvalue weighted by Crippen LogP contribution is -2.02. The first kappa shape index (κ1) is 20.3. The third-order valence-corrected chi connectivity index (χ3v) is 5.99. The van der Waals surface area contributed by atoms with Gasteiger partial charge in [0.15, 0.2) is 5.78 Å². The van der Waals surface area contributed by atoms with Crippen LogP contribution < -0.4 is 10.1 Å². The molecule has 0 atom stereocenters. The van der Waals surface area contributed by atoms with Crippen LogP contribution in [0.5, 0.6) is 5.75 Å². The number of allylic oxidation sites excluding steroid dienone is 1. The van der Waals surface area contributed by atoms with Crippen molar-refractivity contribution in [2.24, 2.45) is 0 Å². The van der Waals surface area contributed by atoms with E-state index < -0.39 is 0 Å². The molecular formula is C25H23NO3S. The van der Waals surface area contributed by atoms with E-state index in [9.17, 15) is 4.79 Å². The molecule has 0 saturated heterocycles. The quantitative estimate of drug-likeness (QED) is 0.281. The van der Waals surface area contributed by atoms with E-state index >= 15 is 0 Å². The molecule has 0 spiro atoms. The number of ether oxygens (including phenoxy) is 2. The van der Waals surface area contributed by atoms with Crippen molar-refractivity contribution in [3.63, 3.8) is 0 Å². The first-order chi connectivity index (χ1) is 14.7. The maximum atomic E-state index is 12.8. The highest BCUT2D eigenvalue weighted by molar-refractivity contribution is 7.99. The zero-order chi connectivity index (χ0) is 20.9. The van der Waals surface area contributed by atoms with E-state index in [0.29, 0.717) is 18.8 Å². The van der Waals surface area contributed by atoms with Crippen molar-refractivity contribution >= 4 is 35.0 Å². The Bertz CT molecular complexity index is 1110. The average Bonchev–Trinajstić information content (AvgIpc) is 2.79. The maximum Gasteiger partial charge on any atom is 0.185 e. The fraction of sp³-hybridized carbons (Fsp3) is 0.160. The summed E-state index contributed by atoms with van der Waals surface area (Å²) >= 11 is 1.71. The van der Waals surface area contributed by atoms with Crippen LogP contribution in [-0.2, 0) is 11.3 Å². The van der Waals surface area contributed by atoms with Crippen LogP contribution in [0.25, 0.3) is 6.08 Å². The summed E-state index contributed by atoms with van der Waals surface area (Å²) in [7, 11) is 1.64. The molecule has 152 valence electrons. The summed E-state index contributed by atoms with van der Waals surface area (Å²) in [5.74, 6) is 0.746. The highest BCUT2D eigenvalue weighted by Crippen LogP contribution is 2.44. The molecule has 30 heavy (non-hydrogen) atoms. The lowest BCUT2D eigenvalue weighted by molar-refractivity contribution is 0.104. The Labute approximate surface area is 180 Å². The van der Waals surface area contributed by atoms with E-state index in [2.05, 4.69) is 11.4 Å². The molecule has 1 aliphatic heterocycles. The van der Waals surface area contributed by atoms with E-state index in [1.165, 1.54) is 4.90 Å². The Morgan fingerprint density at radius 1 is 1.03 bits per heavy atom. The van der Waals surface area contributed by atoms with Crippen LogP contribution in [0.1, 0.15) is 28.4 Å². The second-order valence-electron chi connectivity index (χ2n) is 6.84. The van der Waals surface area contributed by atoms with Crippen molar-refractivity contribution < 1.29 is 14.3 Å². The maximum absolute atomic E-state index is 12.8. The largest absolute Gasteiger partial charge is 0.496 e. The number of benzene rings is 3. The molecule has 4 nitrogen and oxygen atoms in total. The number of hydrogen-bond acceptors (Lipinski definition) is 5. The third kappa shape index (κ3) is 4.42. The molecule has 0 aliphatic carbocycles. The zero-order valence-corrected chi connectivity index (χ0v) is 17.8. The van der Waals surface area contributed by atoms with Crippen LogP contribution in [0.2, 0.25) is 0 Å². The van der Waals surface area contributed by atoms with Gasteiger partial charge in [-0.3, -0.25) is 4.79 Å². The van der Waals surface area contributed by atoms with Crippen molar-refractivity contribution in [2.75, 3.05) is 19.0 Å². The van der Waals surface area contributed by atoms with Crippen molar-refractivity contribution in [2.45, 2.75) is 23.3 Å². The summed E-state index contributed by atoms with van der Waals surface area (Å²) < 4.78 is 10.9.